The van der Waals surface area contributed by atoms with Crippen molar-refractivity contribution in [2.45, 2.75) is 115 Å². The third kappa shape index (κ3) is 13.3. The van der Waals surface area contributed by atoms with E-state index in [9.17, 15) is 0 Å². The molecule has 0 heterocycles. The van der Waals surface area contributed by atoms with Crippen molar-refractivity contribution in [3.05, 3.63) is 25.3 Å². The fraction of sp³-hybridized carbons (Fsp3) is 0.875. The summed E-state index contributed by atoms with van der Waals surface area (Å²) in [5.41, 5.74) is 1.03. The lowest BCUT2D eigenvalue weighted by atomic mass is 9.70. The molecule has 0 aromatic heterocycles. The fourth-order valence-corrected chi connectivity index (χ4v) is 8.94. The highest BCUT2D eigenvalue weighted by atomic mass is 32.2. The Labute approximate surface area is 233 Å². The van der Waals surface area contributed by atoms with E-state index >= 15 is 0 Å². The molecule has 2 nitrogen and oxygen atoms in total. The Kier molecular flexibility index (Phi) is 15.8. The van der Waals surface area contributed by atoms with Gasteiger partial charge in [0.1, 0.15) is 0 Å². The summed E-state index contributed by atoms with van der Waals surface area (Å²) in [6.45, 7) is 20.8. The molecule has 0 amide bonds. The maximum absolute atomic E-state index is 5.92. The van der Waals surface area contributed by atoms with Crippen LogP contribution < -0.4 is 0 Å². The molecule has 0 saturated heterocycles. The second-order valence-electron chi connectivity index (χ2n) is 12.8. The second kappa shape index (κ2) is 17.6. The molecule has 0 N–H and O–H groups in total. The van der Waals surface area contributed by atoms with E-state index in [1.807, 2.05) is 0 Å². The van der Waals surface area contributed by atoms with Crippen LogP contribution in [-0.2, 0) is 9.47 Å². The summed E-state index contributed by atoms with van der Waals surface area (Å²) in [6, 6.07) is 0. The zero-order valence-corrected chi connectivity index (χ0v) is 25.9. The molecule has 2 aliphatic carbocycles. The minimum Gasteiger partial charge on any atom is -0.378 e. The van der Waals surface area contributed by atoms with E-state index in [0.29, 0.717) is 10.8 Å². The van der Waals surface area contributed by atoms with Crippen LogP contribution in [0.1, 0.15) is 105 Å². The molecular weight excluding hydrogens is 480 g/mol. The van der Waals surface area contributed by atoms with Crippen LogP contribution >= 0.6 is 23.5 Å². The van der Waals surface area contributed by atoms with Crippen LogP contribution in [0.5, 0.6) is 0 Å². The first-order chi connectivity index (χ1) is 17.3. The van der Waals surface area contributed by atoms with Gasteiger partial charge in [0.15, 0.2) is 0 Å². The van der Waals surface area contributed by atoms with Gasteiger partial charge < -0.3 is 9.47 Å². The molecule has 0 spiro atoms. The van der Waals surface area contributed by atoms with Crippen molar-refractivity contribution < 1.29 is 9.47 Å². The summed E-state index contributed by atoms with van der Waals surface area (Å²) in [7, 11) is 0. The van der Waals surface area contributed by atoms with Gasteiger partial charge in [-0.3, -0.25) is 0 Å². The molecule has 2 saturated carbocycles. The molecule has 2 aliphatic rings. The SMILES string of the molecule is C=CCCCC1CC(C)(C)CCC1SCCOCCOCCSC1CCC(C)(C)CC1CCCC=C. The standard InChI is InChI=1S/C32H58O2S2/c1-7-9-11-13-27-25-31(3,4)17-15-29(27)35-23-21-33-19-20-34-22-24-36-30-16-18-32(5,6)26-28(30)14-12-10-8-2/h7-8,27-30H,1-2,9-26H2,3-6H3. The van der Waals surface area contributed by atoms with Crippen molar-refractivity contribution >= 4 is 23.5 Å². The largest absolute Gasteiger partial charge is 0.378 e. The molecular formula is C32H58O2S2. The quantitative estimate of drug-likeness (QED) is 0.120. The van der Waals surface area contributed by atoms with Gasteiger partial charge >= 0.3 is 0 Å². The Balaban J connectivity index is 1.52. The number of allylic oxidation sites excluding steroid dienone is 2. The van der Waals surface area contributed by atoms with Crippen molar-refractivity contribution in [3.8, 4) is 0 Å². The first-order valence-corrected chi connectivity index (χ1v) is 17.0. The smallest absolute Gasteiger partial charge is 0.0700 e. The Morgan fingerprint density at radius 1 is 0.694 bits per heavy atom. The van der Waals surface area contributed by atoms with Crippen LogP contribution in [0, 0.1) is 22.7 Å². The molecule has 4 unspecified atom stereocenters. The molecule has 4 atom stereocenters. The lowest BCUT2D eigenvalue weighted by Crippen LogP contribution is -2.32. The molecule has 0 aromatic rings. The number of ether oxygens (including phenoxy) is 2. The number of rotatable bonds is 19. The highest BCUT2D eigenvalue weighted by molar-refractivity contribution is 8.00. The molecule has 0 aliphatic heterocycles. The maximum atomic E-state index is 5.92. The fourth-order valence-electron chi connectivity index (χ4n) is 6.33. The summed E-state index contributed by atoms with van der Waals surface area (Å²) in [5, 5.41) is 1.62. The molecule has 210 valence electrons. The first-order valence-electron chi connectivity index (χ1n) is 14.9. The van der Waals surface area contributed by atoms with Gasteiger partial charge in [-0.15, -0.1) is 13.2 Å². The van der Waals surface area contributed by atoms with Crippen LogP contribution in [0.4, 0.5) is 0 Å². The number of hydrogen-bond donors (Lipinski definition) is 0. The van der Waals surface area contributed by atoms with Crippen molar-refractivity contribution in [1.29, 1.82) is 0 Å². The van der Waals surface area contributed by atoms with Crippen molar-refractivity contribution in [1.82, 2.24) is 0 Å². The normalized spacial score (nSPS) is 27.6. The maximum Gasteiger partial charge on any atom is 0.0700 e. The van der Waals surface area contributed by atoms with Gasteiger partial charge in [0, 0.05) is 22.0 Å². The highest BCUT2D eigenvalue weighted by Gasteiger charge is 2.35. The number of thioether (sulfide) groups is 2. The predicted molar refractivity (Wildman–Crippen MR) is 164 cm³/mol. The van der Waals surface area contributed by atoms with Gasteiger partial charge in [0.05, 0.1) is 26.4 Å². The summed E-state index contributed by atoms with van der Waals surface area (Å²) in [5.74, 6) is 3.95. The van der Waals surface area contributed by atoms with Crippen LogP contribution in [0.3, 0.4) is 0 Å². The number of hydrogen-bond acceptors (Lipinski definition) is 4. The Hall–Kier alpha value is 0.1000. The summed E-state index contributed by atoms with van der Waals surface area (Å²) < 4.78 is 11.8. The van der Waals surface area contributed by atoms with Crippen LogP contribution in [0.15, 0.2) is 25.3 Å². The van der Waals surface area contributed by atoms with Crippen molar-refractivity contribution in [2.75, 3.05) is 37.9 Å². The van der Waals surface area contributed by atoms with Crippen LogP contribution in [0.2, 0.25) is 0 Å². The third-order valence-corrected chi connectivity index (χ3v) is 11.3. The van der Waals surface area contributed by atoms with Gasteiger partial charge in [0.25, 0.3) is 0 Å². The molecule has 4 heteroatoms. The Morgan fingerprint density at radius 3 is 1.50 bits per heavy atom. The van der Waals surface area contributed by atoms with E-state index in [2.05, 4.69) is 76.5 Å². The first kappa shape index (κ1) is 32.3. The van der Waals surface area contributed by atoms with Crippen molar-refractivity contribution in [3.63, 3.8) is 0 Å². The van der Waals surface area contributed by atoms with E-state index in [0.717, 1.165) is 73.1 Å². The molecule has 2 fully saturated rings. The molecule has 0 radical (unpaired) electrons. The van der Waals surface area contributed by atoms with E-state index in [-0.39, 0.29) is 0 Å². The average molecular weight is 539 g/mol. The summed E-state index contributed by atoms with van der Waals surface area (Å²) in [6.07, 6.45) is 20.0. The minimum atomic E-state index is 0.516. The van der Waals surface area contributed by atoms with E-state index in [1.165, 1.54) is 64.2 Å². The zero-order chi connectivity index (χ0) is 26.3. The zero-order valence-electron chi connectivity index (χ0n) is 24.2. The monoisotopic (exact) mass is 538 g/mol. The third-order valence-electron chi connectivity index (χ3n) is 8.35. The van der Waals surface area contributed by atoms with Gasteiger partial charge in [0.2, 0.25) is 0 Å². The summed E-state index contributed by atoms with van der Waals surface area (Å²) >= 11 is 4.32. The summed E-state index contributed by atoms with van der Waals surface area (Å²) in [4.78, 5) is 0. The van der Waals surface area contributed by atoms with Crippen LogP contribution in [-0.4, -0.2) is 48.4 Å². The van der Waals surface area contributed by atoms with E-state index in [1.54, 1.807) is 0 Å². The molecule has 0 bridgehead atoms. The van der Waals surface area contributed by atoms with Crippen LogP contribution in [0.25, 0.3) is 0 Å². The van der Waals surface area contributed by atoms with E-state index in [4.69, 9.17) is 9.47 Å². The van der Waals surface area contributed by atoms with Gasteiger partial charge in [-0.25, -0.2) is 0 Å². The van der Waals surface area contributed by atoms with Gasteiger partial charge in [-0.2, -0.15) is 23.5 Å². The lowest BCUT2D eigenvalue weighted by Gasteiger charge is -2.40. The lowest BCUT2D eigenvalue weighted by molar-refractivity contribution is 0.0603. The van der Waals surface area contributed by atoms with Gasteiger partial charge in [-0.05, 0) is 99.7 Å². The molecule has 0 aromatic carbocycles. The predicted octanol–water partition coefficient (Wildman–Crippen LogP) is 9.59. The Morgan fingerprint density at radius 2 is 1.11 bits per heavy atom. The minimum absolute atomic E-state index is 0.516. The van der Waals surface area contributed by atoms with Crippen molar-refractivity contribution in [2.24, 2.45) is 22.7 Å². The average Bonchev–Trinajstić information content (AvgIpc) is 2.82. The number of unbranched alkanes of at least 4 members (excludes halogenated alkanes) is 2. The Bertz CT molecular complexity index is 551. The van der Waals surface area contributed by atoms with E-state index < -0.39 is 0 Å². The molecule has 36 heavy (non-hydrogen) atoms. The topological polar surface area (TPSA) is 18.5 Å². The second-order valence-corrected chi connectivity index (χ2v) is 15.5. The van der Waals surface area contributed by atoms with Gasteiger partial charge in [-0.1, -0.05) is 39.8 Å². The highest BCUT2D eigenvalue weighted by Crippen LogP contribution is 2.46. The molecule has 2 rings (SSSR count).